The first-order chi connectivity index (χ1) is 10.7. The third-order valence-corrected chi connectivity index (χ3v) is 4.84. The van der Waals surface area contributed by atoms with Gasteiger partial charge >= 0.3 is 0 Å². The van der Waals surface area contributed by atoms with Crippen molar-refractivity contribution in [1.29, 1.82) is 0 Å². The Morgan fingerprint density at radius 3 is 2.00 bits per heavy atom. The van der Waals surface area contributed by atoms with E-state index < -0.39 is 0 Å². The van der Waals surface area contributed by atoms with Crippen molar-refractivity contribution in [2.75, 3.05) is 6.54 Å². The molecular weight excluding hydrogens is 268 g/mol. The molecule has 0 aliphatic carbocycles. The van der Waals surface area contributed by atoms with E-state index in [1.54, 1.807) is 0 Å². The number of nitrogens with zero attached hydrogens (tertiary/aromatic N) is 2. The second-order valence-electron chi connectivity index (χ2n) is 7.17. The van der Waals surface area contributed by atoms with E-state index in [4.69, 9.17) is 0 Å². The molecule has 0 spiro atoms. The molecule has 2 nitrogen and oxygen atoms in total. The molecule has 130 valence electrons. The quantitative estimate of drug-likeness (QED) is 0.377. The zero-order valence-corrected chi connectivity index (χ0v) is 15.7. The summed E-state index contributed by atoms with van der Waals surface area (Å²) in [5, 5.41) is 0. The molecular formula is C20H40N2. The van der Waals surface area contributed by atoms with E-state index in [0.29, 0.717) is 12.2 Å². The fourth-order valence-corrected chi connectivity index (χ4v) is 3.42. The van der Waals surface area contributed by atoms with Crippen molar-refractivity contribution >= 4 is 0 Å². The molecule has 2 heteroatoms. The van der Waals surface area contributed by atoms with Crippen LogP contribution in [0.25, 0.3) is 0 Å². The molecule has 1 heterocycles. The topological polar surface area (TPSA) is 6.48 Å². The summed E-state index contributed by atoms with van der Waals surface area (Å²) in [7, 11) is 0. The van der Waals surface area contributed by atoms with E-state index in [1.807, 2.05) is 0 Å². The largest absolute Gasteiger partial charge is 0.356 e. The van der Waals surface area contributed by atoms with Crippen molar-refractivity contribution in [2.45, 2.75) is 111 Å². The lowest BCUT2D eigenvalue weighted by atomic mass is 10.1. The van der Waals surface area contributed by atoms with Gasteiger partial charge < -0.3 is 9.80 Å². The molecule has 0 aromatic heterocycles. The summed E-state index contributed by atoms with van der Waals surface area (Å²) in [6, 6.07) is 0.613. The van der Waals surface area contributed by atoms with Gasteiger partial charge in [-0.25, -0.2) is 0 Å². The van der Waals surface area contributed by atoms with Gasteiger partial charge in [-0.1, -0.05) is 65.2 Å². The average Bonchev–Trinajstić information content (AvgIpc) is 2.90. The third kappa shape index (κ3) is 7.07. The molecule has 1 atom stereocenters. The van der Waals surface area contributed by atoms with Crippen LogP contribution in [0.5, 0.6) is 0 Å². The van der Waals surface area contributed by atoms with Crippen LogP contribution in [0.1, 0.15) is 98.3 Å². The SMILES string of the molecule is CCCCCCCCN1C=CN(C(C)C)C1CCCCCC. The normalized spacial score (nSPS) is 18.0. The molecule has 0 aromatic carbocycles. The van der Waals surface area contributed by atoms with E-state index >= 15 is 0 Å². The van der Waals surface area contributed by atoms with Crippen molar-refractivity contribution < 1.29 is 0 Å². The predicted molar refractivity (Wildman–Crippen MR) is 98.7 cm³/mol. The fourth-order valence-electron chi connectivity index (χ4n) is 3.42. The first-order valence-electron chi connectivity index (χ1n) is 9.92. The van der Waals surface area contributed by atoms with Crippen LogP contribution in [-0.4, -0.2) is 28.6 Å². The Bertz CT molecular complexity index is 285. The van der Waals surface area contributed by atoms with Crippen molar-refractivity contribution in [3.63, 3.8) is 0 Å². The van der Waals surface area contributed by atoms with Gasteiger partial charge in [-0.05, 0) is 33.1 Å². The zero-order chi connectivity index (χ0) is 16.2. The summed E-state index contributed by atoms with van der Waals surface area (Å²) < 4.78 is 0. The van der Waals surface area contributed by atoms with E-state index in [1.165, 1.54) is 77.2 Å². The minimum Gasteiger partial charge on any atom is -0.356 e. The maximum atomic E-state index is 2.60. The summed E-state index contributed by atoms with van der Waals surface area (Å²) >= 11 is 0. The number of hydrogen-bond acceptors (Lipinski definition) is 2. The van der Waals surface area contributed by atoms with Crippen LogP contribution >= 0.6 is 0 Å². The monoisotopic (exact) mass is 308 g/mol. The highest BCUT2D eigenvalue weighted by atomic mass is 15.4. The molecule has 1 aliphatic heterocycles. The number of rotatable bonds is 13. The van der Waals surface area contributed by atoms with Gasteiger partial charge in [0.15, 0.2) is 0 Å². The first-order valence-corrected chi connectivity index (χ1v) is 9.92. The standard InChI is InChI=1S/C20H40N2/c1-5-7-9-11-12-14-16-21-17-18-22(19(3)4)20(21)15-13-10-8-6-2/h17-20H,5-16H2,1-4H3. The van der Waals surface area contributed by atoms with Gasteiger partial charge in [0, 0.05) is 25.0 Å². The number of hydrogen-bond donors (Lipinski definition) is 0. The maximum absolute atomic E-state index is 2.60. The molecule has 0 amide bonds. The molecule has 0 saturated carbocycles. The summed E-state index contributed by atoms with van der Waals surface area (Å²) in [5.41, 5.74) is 0. The molecule has 0 N–H and O–H groups in total. The van der Waals surface area contributed by atoms with Crippen LogP contribution in [0.15, 0.2) is 12.4 Å². The van der Waals surface area contributed by atoms with Crippen LogP contribution in [0.3, 0.4) is 0 Å². The van der Waals surface area contributed by atoms with Crippen molar-refractivity contribution in [3.8, 4) is 0 Å². The smallest absolute Gasteiger partial charge is 0.101 e. The Morgan fingerprint density at radius 1 is 0.773 bits per heavy atom. The van der Waals surface area contributed by atoms with Crippen LogP contribution < -0.4 is 0 Å². The minimum absolute atomic E-state index is 0.613. The van der Waals surface area contributed by atoms with Gasteiger partial charge in [-0.15, -0.1) is 0 Å². The van der Waals surface area contributed by atoms with Gasteiger partial charge in [-0.3, -0.25) is 0 Å². The van der Waals surface area contributed by atoms with Crippen molar-refractivity contribution in [1.82, 2.24) is 9.80 Å². The molecule has 1 rings (SSSR count). The van der Waals surface area contributed by atoms with Crippen LogP contribution in [0.2, 0.25) is 0 Å². The Morgan fingerprint density at radius 2 is 1.36 bits per heavy atom. The van der Waals surface area contributed by atoms with Gasteiger partial charge in [0.1, 0.15) is 6.17 Å². The second-order valence-corrected chi connectivity index (χ2v) is 7.17. The lowest BCUT2D eigenvalue weighted by Gasteiger charge is -2.35. The maximum Gasteiger partial charge on any atom is 0.101 e. The molecule has 0 aromatic rings. The van der Waals surface area contributed by atoms with E-state index in [-0.39, 0.29) is 0 Å². The molecule has 0 bridgehead atoms. The van der Waals surface area contributed by atoms with Gasteiger partial charge in [-0.2, -0.15) is 0 Å². The lowest BCUT2D eigenvalue weighted by molar-refractivity contribution is 0.114. The highest BCUT2D eigenvalue weighted by molar-refractivity contribution is 4.98. The minimum atomic E-state index is 0.613. The van der Waals surface area contributed by atoms with Gasteiger partial charge in [0.25, 0.3) is 0 Å². The Kier molecular flexibility index (Phi) is 10.4. The molecule has 1 unspecified atom stereocenters. The van der Waals surface area contributed by atoms with Crippen LogP contribution in [-0.2, 0) is 0 Å². The zero-order valence-electron chi connectivity index (χ0n) is 15.7. The highest BCUT2D eigenvalue weighted by Gasteiger charge is 2.26. The van der Waals surface area contributed by atoms with Gasteiger partial charge in [0.05, 0.1) is 0 Å². The van der Waals surface area contributed by atoms with Crippen LogP contribution in [0, 0.1) is 0 Å². The third-order valence-electron chi connectivity index (χ3n) is 4.84. The average molecular weight is 309 g/mol. The van der Waals surface area contributed by atoms with Crippen LogP contribution in [0.4, 0.5) is 0 Å². The second kappa shape index (κ2) is 11.8. The summed E-state index contributed by atoms with van der Waals surface area (Å²) in [5.74, 6) is 0. The summed E-state index contributed by atoms with van der Waals surface area (Å²) in [6.07, 6.45) is 20.4. The van der Waals surface area contributed by atoms with E-state index in [9.17, 15) is 0 Å². The summed E-state index contributed by atoms with van der Waals surface area (Å²) in [4.78, 5) is 5.16. The van der Waals surface area contributed by atoms with Crippen molar-refractivity contribution in [2.24, 2.45) is 0 Å². The molecule has 0 fully saturated rings. The van der Waals surface area contributed by atoms with Crippen molar-refractivity contribution in [3.05, 3.63) is 12.4 Å². The lowest BCUT2D eigenvalue weighted by Crippen LogP contribution is -2.42. The Balaban J connectivity index is 2.30. The van der Waals surface area contributed by atoms with E-state index in [2.05, 4.69) is 49.9 Å². The van der Waals surface area contributed by atoms with E-state index in [0.717, 1.165) is 0 Å². The molecule has 0 saturated heterocycles. The molecule has 1 aliphatic rings. The van der Waals surface area contributed by atoms with Gasteiger partial charge in [0.2, 0.25) is 0 Å². The Labute approximate surface area is 139 Å². The highest BCUT2D eigenvalue weighted by Crippen LogP contribution is 2.24. The first kappa shape index (κ1) is 19.4. The Hall–Kier alpha value is -0.660. The fraction of sp³-hybridized carbons (Fsp3) is 0.900. The predicted octanol–water partition coefficient (Wildman–Crippen LogP) is 6.14. The molecule has 0 radical (unpaired) electrons. The molecule has 22 heavy (non-hydrogen) atoms. The number of unbranched alkanes of at least 4 members (excludes halogenated alkanes) is 8. The summed E-state index contributed by atoms with van der Waals surface area (Å²) in [6.45, 7) is 10.5.